The van der Waals surface area contributed by atoms with E-state index in [2.05, 4.69) is 44.2 Å². The lowest BCUT2D eigenvalue weighted by molar-refractivity contribution is 0.967. The molecule has 1 aromatic rings. The molecule has 0 radical (unpaired) electrons. The first-order valence-corrected chi connectivity index (χ1v) is 5.13. The monoisotopic (exact) mass is 189 g/mol. The molecule has 0 spiro atoms. The van der Waals surface area contributed by atoms with E-state index in [9.17, 15) is 0 Å². The number of nitrogens with two attached hydrogens (primary N) is 1. The number of allylic oxidation sites excluding steroid dienone is 2. The van der Waals surface area contributed by atoms with E-state index in [1.807, 2.05) is 0 Å². The third-order valence-corrected chi connectivity index (χ3v) is 2.20. The maximum atomic E-state index is 5.49. The van der Waals surface area contributed by atoms with Gasteiger partial charge in [-0.05, 0) is 44.4 Å². The highest BCUT2D eigenvalue weighted by Crippen LogP contribution is 2.07. The van der Waals surface area contributed by atoms with Gasteiger partial charge in [0.05, 0.1) is 0 Å². The third kappa shape index (κ3) is 3.75. The normalized spacial score (nSPS) is 9.93. The van der Waals surface area contributed by atoms with Crippen LogP contribution in [0.1, 0.15) is 25.0 Å². The molecule has 1 rings (SSSR count). The van der Waals surface area contributed by atoms with E-state index in [-0.39, 0.29) is 0 Å². The van der Waals surface area contributed by atoms with Crippen LogP contribution in [0.4, 0.5) is 0 Å². The standard InChI is InChI=1S/C13H19N/c1-11(2)3-4-12-5-7-13(8-6-12)9-10-14/h3,5-8H,4,9-10,14H2,1-2H3. The van der Waals surface area contributed by atoms with Crippen molar-refractivity contribution in [3.05, 3.63) is 47.0 Å². The first kappa shape index (κ1) is 11.0. The summed E-state index contributed by atoms with van der Waals surface area (Å²) in [6.45, 7) is 4.99. The molecule has 0 atom stereocenters. The van der Waals surface area contributed by atoms with Crippen LogP contribution in [0.3, 0.4) is 0 Å². The number of hydrogen-bond acceptors (Lipinski definition) is 1. The molecule has 0 unspecified atom stereocenters. The van der Waals surface area contributed by atoms with Gasteiger partial charge in [-0.1, -0.05) is 35.9 Å². The molecule has 0 aliphatic carbocycles. The Hall–Kier alpha value is -1.08. The topological polar surface area (TPSA) is 26.0 Å². The molecule has 0 bridgehead atoms. The van der Waals surface area contributed by atoms with Gasteiger partial charge in [-0.15, -0.1) is 0 Å². The molecule has 0 fully saturated rings. The molecular formula is C13H19N. The first-order valence-electron chi connectivity index (χ1n) is 5.13. The Morgan fingerprint density at radius 1 is 1.14 bits per heavy atom. The molecule has 0 aliphatic rings. The van der Waals surface area contributed by atoms with E-state index in [1.165, 1.54) is 16.7 Å². The minimum absolute atomic E-state index is 0.729. The number of benzene rings is 1. The van der Waals surface area contributed by atoms with Gasteiger partial charge in [0.15, 0.2) is 0 Å². The van der Waals surface area contributed by atoms with Crippen LogP contribution >= 0.6 is 0 Å². The second-order valence-corrected chi connectivity index (χ2v) is 3.84. The molecule has 0 aliphatic heterocycles. The Morgan fingerprint density at radius 3 is 2.21 bits per heavy atom. The Balaban J connectivity index is 2.59. The van der Waals surface area contributed by atoms with Gasteiger partial charge in [0, 0.05) is 0 Å². The smallest absolute Gasteiger partial charge is 0.00367 e. The van der Waals surface area contributed by atoms with Crippen LogP contribution in [0.15, 0.2) is 35.9 Å². The van der Waals surface area contributed by atoms with Crippen molar-refractivity contribution in [1.29, 1.82) is 0 Å². The van der Waals surface area contributed by atoms with Crippen LogP contribution < -0.4 is 5.73 Å². The van der Waals surface area contributed by atoms with Crippen LogP contribution in [0.2, 0.25) is 0 Å². The summed E-state index contributed by atoms with van der Waals surface area (Å²) < 4.78 is 0. The fourth-order valence-corrected chi connectivity index (χ4v) is 1.33. The maximum Gasteiger partial charge on any atom is -0.00367 e. The van der Waals surface area contributed by atoms with Crippen molar-refractivity contribution < 1.29 is 0 Å². The second kappa shape index (κ2) is 5.61. The summed E-state index contributed by atoms with van der Waals surface area (Å²) >= 11 is 0. The molecule has 0 saturated heterocycles. The van der Waals surface area contributed by atoms with E-state index >= 15 is 0 Å². The lowest BCUT2D eigenvalue weighted by atomic mass is 10.1. The molecule has 76 valence electrons. The van der Waals surface area contributed by atoms with Gasteiger partial charge >= 0.3 is 0 Å². The summed E-state index contributed by atoms with van der Waals surface area (Å²) in [4.78, 5) is 0. The van der Waals surface area contributed by atoms with Crippen molar-refractivity contribution >= 4 is 0 Å². The van der Waals surface area contributed by atoms with E-state index < -0.39 is 0 Å². The quantitative estimate of drug-likeness (QED) is 0.724. The molecule has 0 aromatic heterocycles. The average molecular weight is 189 g/mol. The van der Waals surface area contributed by atoms with Crippen LogP contribution in [0, 0.1) is 0 Å². The average Bonchev–Trinajstić information content (AvgIpc) is 2.17. The second-order valence-electron chi connectivity index (χ2n) is 3.84. The van der Waals surface area contributed by atoms with Gasteiger partial charge in [0.1, 0.15) is 0 Å². The number of rotatable bonds is 4. The molecule has 1 nitrogen and oxygen atoms in total. The Labute approximate surface area is 86.6 Å². The SMILES string of the molecule is CC(C)=CCc1ccc(CCN)cc1. The van der Waals surface area contributed by atoms with Crippen molar-refractivity contribution in [3.63, 3.8) is 0 Å². The van der Waals surface area contributed by atoms with Crippen LogP contribution in [0.5, 0.6) is 0 Å². The van der Waals surface area contributed by atoms with Crippen LogP contribution in [-0.2, 0) is 12.8 Å². The molecule has 0 saturated carbocycles. The predicted molar refractivity (Wildman–Crippen MR) is 62.3 cm³/mol. The van der Waals surface area contributed by atoms with Crippen molar-refractivity contribution in [2.45, 2.75) is 26.7 Å². The summed E-state index contributed by atoms with van der Waals surface area (Å²) in [6, 6.07) is 8.71. The molecule has 0 amide bonds. The zero-order valence-corrected chi connectivity index (χ0v) is 9.09. The molecule has 1 aromatic carbocycles. The molecule has 1 heteroatoms. The molecular weight excluding hydrogens is 170 g/mol. The zero-order valence-electron chi connectivity index (χ0n) is 9.09. The van der Waals surface area contributed by atoms with Crippen LogP contribution in [-0.4, -0.2) is 6.54 Å². The van der Waals surface area contributed by atoms with Crippen molar-refractivity contribution in [2.75, 3.05) is 6.54 Å². The van der Waals surface area contributed by atoms with Crippen LogP contribution in [0.25, 0.3) is 0 Å². The van der Waals surface area contributed by atoms with Crippen molar-refractivity contribution in [2.24, 2.45) is 5.73 Å². The van der Waals surface area contributed by atoms with Crippen molar-refractivity contribution in [3.8, 4) is 0 Å². The third-order valence-electron chi connectivity index (χ3n) is 2.20. The largest absolute Gasteiger partial charge is 0.330 e. The highest BCUT2D eigenvalue weighted by molar-refractivity contribution is 5.24. The minimum atomic E-state index is 0.729. The summed E-state index contributed by atoms with van der Waals surface area (Å²) in [6.07, 6.45) is 4.26. The molecule has 0 heterocycles. The highest BCUT2D eigenvalue weighted by Gasteiger charge is 1.92. The highest BCUT2D eigenvalue weighted by atomic mass is 14.5. The Kier molecular flexibility index (Phi) is 4.41. The lowest BCUT2D eigenvalue weighted by Gasteiger charge is -2.01. The Morgan fingerprint density at radius 2 is 1.71 bits per heavy atom. The minimum Gasteiger partial charge on any atom is -0.330 e. The zero-order chi connectivity index (χ0) is 10.4. The maximum absolute atomic E-state index is 5.49. The Bertz CT molecular complexity index is 292. The van der Waals surface area contributed by atoms with Gasteiger partial charge in [0.2, 0.25) is 0 Å². The fraction of sp³-hybridized carbons (Fsp3) is 0.385. The van der Waals surface area contributed by atoms with E-state index in [4.69, 9.17) is 5.73 Å². The van der Waals surface area contributed by atoms with E-state index in [0.29, 0.717) is 0 Å². The van der Waals surface area contributed by atoms with Gasteiger partial charge in [-0.25, -0.2) is 0 Å². The van der Waals surface area contributed by atoms with E-state index in [0.717, 1.165) is 19.4 Å². The van der Waals surface area contributed by atoms with E-state index in [1.54, 1.807) is 0 Å². The molecule has 14 heavy (non-hydrogen) atoms. The van der Waals surface area contributed by atoms with Gasteiger partial charge in [-0.2, -0.15) is 0 Å². The lowest BCUT2D eigenvalue weighted by Crippen LogP contribution is -2.02. The van der Waals surface area contributed by atoms with Gasteiger partial charge < -0.3 is 5.73 Å². The van der Waals surface area contributed by atoms with Gasteiger partial charge in [0.25, 0.3) is 0 Å². The summed E-state index contributed by atoms with van der Waals surface area (Å²) in [5.74, 6) is 0. The van der Waals surface area contributed by atoms with Gasteiger partial charge in [-0.3, -0.25) is 0 Å². The predicted octanol–water partition coefficient (Wildman–Crippen LogP) is 2.70. The summed E-state index contributed by atoms with van der Waals surface area (Å²) in [7, 11) is 0. The fourth-order valence-electron chi connectivity index (χ4n) is 1.33. The molecule has 2 N–H and O–H groups in total. The number of hydrogen-bond donors (Lipinski definition) is 1. The van der Waals surface area contributed by atoms with Crippen molar-refractivity contribution in [1.82, 2.24) is 0 Å². The first-order chi connectivity index (χ1) is 6.72. The summed E-state index contributed by atoms with van der Waals surface area (Å²) in [5, 5.41) is 0. The summed E-state index contributed by atoms with van der Waals surface area (Å²) in [5.41, 5.74) is 9.55.